The van der Waals surface area contributed by atoms with Crippen LogP contribution in [0.1, 0.15) is 13.3 Å². The van der Waals surface area contributed by atoms with E-state index in [9.17, 15) is 0 Å². The van der Waals surface area contributed by atoms with Crippen LogP contribution in [0.3, 0.4) is 0 Å². The number of nitrogens with zero attached hydrogens (tertiary/aromatic N) is 1. The fourth-order valence-corrected chi connectivity index (χ4v) is 0.447. The summed E-state index contributed by atoms with van der Waals surface area (Å²) in [6.07, 6.45) is 4.89. The summed E-state index contributed by atoms with van der Waals surface area (Å²) in [6, 6.07) is 0. The van der Waals surface area contributed by atoms with Gasteiger partial charge in [-0.15, -0.1) is 0 Å². The Kier molecular flexibility index (Phi) is 5.04. The van der Waals surface area contributed by atoms with E-state index in [-0.39, 0.29) is 0 Å². The van der Waals surface area contributed by atoms with E-state index in [0.717, 1.165) is 6.42 Å². The average Bonchev–Trinajstić information content (AvgIpc) is 1.61. The lowest BCUT2D eigenvalue weighted by Gasteiger charge is -1.72. The van der Waals surface area contributed by atoms with E-state index >= 15 is 0 Å². The van der Waals surface area contributed by atoms with Gasteiger partial charge in [0.2, 0.25) is 0 Å². The molecule has 0 amide bonds. The van der Waals surface area contributed by atoms with Crippen molar-refractivity contribution >= 4 is 18.2 Å². The van der Waals surface area contributed by atoms with Crippen molar-refractivity contribution in [2.45, 2.75) is 13.3 Å². The molecule has 0 aliphatic rings. The Hall–Kier alpha value is 0.0200. The smallest absolute Gasteiger partial charge is 0.0123 e. The van der Waals surface area contributed by atoms with Crippen molar-refractivity contribution in [3.63, 3.8) is 0 Å². The zero-order valence-electron chi connectivity index (χ0n) is 4.14. The largest absolute Gasteiger partial charge is 0.229 e. The van der Waals surface area contributed by atoms with Crippen LogP contribution in [-0.4, -0.2) is 12.5 Å². The lowest BCUT2D eigenvalue weighted by molar-refractivity contribution is 1.33. The van der Waals surface area contributed by atoms with Crippen molar-refractivity contribution in [3.8, 4) is 0 Å². The molecule has 1 nitrogen and oxygen atoms in total. The number of hydrogen-bond acceptors (Lipinski definition) is 2. The monoisotopic (exact) mass is 103 g/mol. The Morgan fingerprint density at radius 1 is 1.83 bits per heavy atom. The normalized spacial score (nSPS) is 10.3. The Morgan fingerprint density at radius 3 is 2.67 bits per heavy atom. The summed E-state index contributed by atoms with van der Waals surface area (Å²) in [5, 5.41) is 0. The molecule has 0 fully saturated rings. The fraction of sp³-hybridized carbons (Fsp3) is 0.750. The minimum Gasteiger partial charge on any atom is -0.229 e. The molecular weight excluding hydrogens is 94.1 g/mol. The Morgan fingerprint density at radius 2 is 2.50 bits per heavy atom. The minimum absolute atomic E-state index is 1.04. The highest BCUT2D eigenvalue weighted by Gasteiger charge is 1.60. The fourth-order valence-electron chi connectivity index (χ4n) is 0.149. The molecule has 0 atom stereocenters. The van der Waals surface area contributed by atoms with E-state index in [0.29, 0.717) is 0 Å². The average molecular weight is 103 g/mol. The van der Waals surface area contributed by atoms with Gasteiger partial charge in [-0.1, -0.05) is 6.92 Å². The predicted molar refractivity (Wildman–Crippen MR) is 32.3 cm³/mol. The summed E-state index contributed by atoms with van der Waals surface area (Å²) in [4.78, 5) is 0. The molecule has 0 spiro atoms. The van der Waals surface area contributed by atoms with Crippen LogP contribution in [0.15, 0.2) is 4.40 Å². The van der Waals surface area contributed by atoms with Gasteiger partial charge in [0.1, 0.15) is 0 Å². The predicted octanol–water partition coefficient (Wildman–Crippen LogP) is 1.75. The molecule has 0 aliphatic carbocycles. The second-order valence-corrected chi connectivity index (χ2v) is 1.45. The lowest BCUT2D eigenvalue weighted by atomic mass is 10.6. The summed E-state index contributed by atoms with van der Waals surface area (Å²) < 4.78 is 3.88. The third-order valence-corrected chi connectivity index (χ3v) is 0.722. The van der Waals surface area contributed by atoms with E-state index in [1.54, 1.807) is 0 Å². The van der Waals surface area contributed by atoms with Gasteiger partial charge in [0, 0.05) is 12.5 Å². The lowest BCUT2D eigenvalue weighted by Crippen LogP contribution is -1.59. The molecule has 0 saturated heterocycles. The molecule has 0 saturated carbocycles. The molecule has 0 aromatic heterocycles. The summed E-state index contributed by atoms with van der Waals surface area (Å²) in [5.41, 5.74) is 0. The van der Waals surface area contributed by atoms with Gasteiger partial charge in [0.05, 0.1) is 0 Å². The first kappa shape index (κ1) is 6.02. The van der Waals surface area contributed by atoms with Crippen LogP contribution in [0.4, 0.5) is 0 Å². The van der Waals surface area contributed by atoms with Crippen molar-refractivity contribution in [2.24, 2.45) is 4.40 Å². The van der Waals surface area contributed by atoms with E-state index in [1.807, 2.05) is 12.5 Å². The molecule has 6 heavy (non-hydrogen) atoms. The van der Waals surface area contributed by atoms with Gasteiger partial charge in [-0.25, -0.2) is 4.40 Å². The van der Waals surface area contributed by atoms with Crippen molar-refractivity contribution in [1.82, 2.24) is 0 Å². The topological polar surface area (TPSA) is 12.4 Å². The molecular formula is C4H9NS. The van der Waals surface area contributed by atoms with E-state index in [2.05, 4.69) is 11.3 Å². The number of hydrogen-bond donors (Lipinski definition) is 0. The zero-order chi connectivity index (χ0) is 4.83. The van der Waals surface area contributed by atoms with Gasteiger partial charge >= 0.3 is 0 Å². The summed E-state index contributed by atoms with van der Waals surface area (Å²) >= 11 is 1.50. The molecule has 0 bridgehead atoms. The van der Waals surface area contributed by atoms with E-state index in [1.165, 1.54) is 11.9 Å². The van der Waals surface area contributed by atoms with Crippen LogP contribution >= 0.6 is 11.9 Å². The van der Waals surface area contributed by atoms with Crippen LogP contribution in [0.5, 0.6) is 0 Å². The molecule has 0 N–H and O–H groups in total. The van der Waals surface area contributed by atoms with Gasteiger partial charge in [-0.2, -0.15) is 0 Å². The molecule has 0 heterocycles. The third-order valence-electron chi connectivity index (χ3n) is 0.363. The molecule has 0 rings (SSSR count). The highest BCUT2D eigenvalue weighted by molar-refractivity contribution is 7.97. The second-order valence-electron chi connectivity index (χ2n) is 0.879. The van der Waals surface area contributed by atoms with Crippen LogP contribution < -0.4 is 0 Å². The molecule has 36 valence electrons. The van der Waals surface area contributed by atoms with Crippen LogP contribution in [0.25, 0.3) is 0 Å². The maximum atomic E-state index is 3.88. The molecule has 0 aromatic carbocycles. The highest BCUT2D eigenvalue weighted by atomic mass is 32.2. The molecule has 0 aromatic rings. The van der Waals surface area contributed by atoms with Gasteiger partial charge < -0.3 is 0 Å². The maximum Gasteiger partial charge on any atom is 0.0123 e. The maximum absolute atomic E-state index is 3.88. The highest BCUT2D eigenvalue weighted by Crippen LogP contribution is 1.89. The van der Waals surface area contributed by atoms with Crippen LogP contribution in [-0.2, 0) is 0 Å². The summed E-state index contributed by atoms with van der Waals surface area (Å²) in [5.74, 6) is 0. The van der Waals surface area contributed by atoms with Gasteiger partial charge in [-0.3, -0.25) is 0 Å². The van der Waals surface area contributed by atoms with Crippen molar-refractivity contribution in [2.75, 3.05) is 6.26 Å². The Labute approximate surface area is 43.0 Å². The van der Waals surface area contributed by atoms with E-state index in [4.69, 9.17) is 0 Å². The first-order valence-corrected chi connectivity index (χ1v) is 3.15. The van der Waals surface area contributed by atoms with Crippen molar-refractivity contribution in [1.29, 1.82) is 0 Å². The van der Waals surface area contributed by atoms with Gasteiger partial charge in [-0.05, 0) is 18.4 Å². The zero-order valence-corrected chi connectivity index (χ0v) is 4.96. The quantitative estimate of drug-likeness (QED) is 0.383. The van der Waals surface area contributed by atoms with Gasteiger partial charge in [0.25, 0.3) is 0 Å². The first-order valence-electron chi connectivity index (χ1n) is 1.96. The molecule has 2 heteroatoms. The Bertz CT molecular complexity index is 36.8. The van der Waals surface area contributed by atoms with Crippen molar-refractivity contribution in [3.05, 3.63) is 0 Å². The third kappa shape index (κ3) is 4.02. The van der Waals surface area contributed by atoms with Crippen LogP contribution in [0.2, 0.25) is 0 Å². The van der Waals surface area contributed by atoms with Crippen molar-refractivity contribution < 1.29 is 0 Å². The standard InChI is InChI=1S/C4H9NS/c1-3-4-5-6-2/h4H,3H2,1-2H3/b5-4+. The Balaban J connectivity index is 2.73. The summed E-state index contributed by atoms with van der Waals surface area (Å²) in [7, 11) is 0. The first-order chi connectivity index (χ1) is 2.91. The molecule has 0 aliphatic heterocycles. The summed E-state index contributed by atoms with van der Waals surface area (Å²) in [6.45, 7) is 2.07. The van der Waals surface area contributed by atoms with Gasteiger partial charge in [0.15, 0.2) is 0 Å². The molecule has 0 unspecified atom stereocenters. The van der Waals surface area contributed by atoms with E-state index < -0.39 is 0 Å². The SMILES string of the molecule is CC/C=N/SC. The minimum atomic E-state index is 1.04. The second kappa shape index (κ2) is 5.02. The number of rotatable bonds is 2. The molecule has 0 radical (unpaired) electrons. The van der Waals surface area contributed by atoms with Crippen LogP contribution in [0, 0.1) is 0 Å².